The highest BCUT2D eigenvalue weighted by Gasteiger charge is 2.34. The topological polar surface area (TPSA) is 114 Å². The second-order valence-corrected chi connectivity index (χ2v) is 12.6. The zero-order valence-electron chi connectivity index (χ0n) is 20.9. The molecule has 0 spiro atoms. The van der Waals surface area contributed by atoms with E-state index in [1.165, 1.54) is 25.1 Å². The molecule has 1 aliphatic heterocycles. The van der Waals surface area contributed by atoms with Crippen LogP contribution in [0.3, 0.4) is 0 Å². The predicted octanol–water partition coefficient (Wildman–Crippen LogP) is 3.64. The van der Waals surface area contributed by atoms with Gasteiger partial charge in [0.25, 0.3) is 5.56 Å². The number of aromatic nitrogens is 2. The number of nitrogens with zero attached hydrogens (tertiary/aromatic N) is 2. The van der Waals surface area contributed by atoms with E-state index in [9.17, 15) is 31.2 Å². The highest BCUT2D eigenvalue weighted by Crippen LogP contribution is 2.37. The van der Waals surface area contributed by atoms with Crippen LogP contribution in [0.1, 0.15) is 24.5 Å². The number of alkyl halides is 3. The van der Waals surface area contributed by atoms with Crippen LogP contribution >= 0.6 is 27.5 Å². The van der Waals surface area contributed by atoms with Gasteiger partial charge in [-0.25, -0.2) is 13.2 Å². The molecule has 212 valence electrons. The van der Waals surface area contributed by atoms with Crippen LogP contribution in [0.15, 0.2) is 43.2 Å². The molecule has 2 N–H and O–H groups in total. The number of sulfone groups is 1. The number of benzene rings is 2. The Morgan fingerprint density at radius 3 is 2.56 bits per heavy atom. The molecule has 39 heavy (non-hydrogen) atoms. The van der Waals surface area contributed by atoms with Gasteiger partial charge in [0.15, 0.2) is 9.84 Å². The van der Waals surface area contributed by atoms with Gasteiger partial charge in [-0.05, 0) is 59.2 Å². The van der Waals surface area contributed by atoms with E-state index in [1.807, 2.05) is 4.90 Å². The number of likely N-dealkylation sites (tertiary alicyclic amines) is 1. The van der Waals surface area contributed by atoms with E-state index in [4.69, 9.17) is 11.6 Å². The maximum absolute atomic E-state index is 13.5. The number of ether oxygens (including phenoxy) is 1. The summed E-state index contributed by atoms with van der Waals surface area (Å²) in [7, 11) is -1.94. The average molecular weight is 654 g/mol. The van der Waals surface area contributed by atoms with Gasteiger partial charge in [-0.2, -0.15) is 0 Å². The summed E-state index contributed by atoms with van der Waals surface area (Å²) >= 11 is 9.35. The Morgan fingerprint density at radius 1 is 1.23 bits per heavy atom. The Hall–Kier alpha value is -2.39. The molecule has 4 rings (SSSR count). The second-order valence-electron chi connectivity index (χ2n) is 9.12. The van der Waals surface area contributed by atoms with Gasteiger partial charge >= 0.3 is 12.1 Å². The van der Waals surface area contributed by atoms with Gasteiger partial charge in [0, 0.05) is 36.3 Å². The van der Waals surface area contributed by atoms with Crippen LogP contribution in [0, 0.1) is 0 Å². The Balaban J connectivity index is 1.87. The maximum atomic E-state index is 13.5. The third-order valence-corrected chi connectivity index (χ3v) is 9.57. The minimum absolute atomic E-state index is 0.00244. The van der Waals surface area contributed by atoms with Crippen molar-refractivity contribution in [3.63, 3.8) is 0 Å². The zero-order valence-corrected chi connectivity index (χ0v) is 24.0. The van der Waals surface area contributed by atoms with Crippen molar-refractivity contribution in [3.05, 3.63) is 65.7 Å². The number of nitrogens with one attached hydrogen (secondary N) is 2. The van der Waals surface area contributed by atoms with Crippen molar-refractivity contribution in [3.8, 4) is 5.75 Å². The lowest BCUT2D eigenvalue weighted by Crippen LogP contribution is -2.36. The molecule has 0 aliphatic carbocycles. The summed E-state index contributed by atoms with van der Waals surface area (Å²) in [6.45, 7) is 2.26. The third-order valence-electron chi connectivity index (χ3n) is 6.63. The van der Waals surface area contributed by atoms with Crippen molar-refractivity contribution < 1.29 is 26.3 Å². The van der Waals surface area contributed by atoms with Crippen molar-refractivity contribution in [1.82, 2.24) is 19.8 Å². The van der Waals surface area contributed by atoms with Crippen LogP contribution in [0.4, 0.5) is 13.2 Å². The number of fused-ring (bicyclic) bond motifs is 1. The Kier molecular flexibility index (Phi) is 8.53. The molecule has 0 radical (unpaired) electrons. The van der Waals surface area contributed by atoms with E-state index in [-0.39, 0.29) is 54.8 Å². The van der Waals surface area contributed by atoms with Crippen molar-refractivity contribution in [1.29, 1.82) is 0 Å². The molecule has 0 amide bonds. The fraction of sp³-hybridized carbons (Fsp3) is 0.417. The fourth-order valence-electron chi connectivity index (χ4n) is 4.61. The number of likely N-dealkylation sites (N-methyl/N-ethyl adjacent to an activating group) is 1. The van der Waals surface area contributed by atoms with Gasteiger partial charge in [-0.1, -0.05) is 18.5 Å². The quantitative estimate of drug-likeness (QED) is 0.382. The monoisotopic (exact) mass is 652 g/mol. The summed E-state index contributed by atoms with van der Waals surface area (Å²) in [5.41, 5.74) is -1.59. The molecule has 0 saturated carbocycles. The van der Waals surface area contributed by atoms with E-state index >= 15 is 0 Å². The SMILES string of the molecule is CCS(=O)(=O)c1ccc(Cl)cc1Cn1c(=O)[nH]c2c(Br)c(CN3CCC(NC)C3)c(OC(F)(F)F)cc2c1=O. The molecule has 2 heterocycles. The van der Waals surface area contributed by atoms with E-state index < -0.39 is 39.7 Å². The number of H-pyrrole nitrogens is 1. The van der Waals surface area contributed by atoms with Crippen molar-refractivity contribution in [2.75, 3.05) is 25.9 Å². The maximum Gasteiger partial charge on any atom is 0.573 e. The first-order chi connectivity index (χ1) is 18.2. The first kappa shape index (κ1) is 29.6. The van der Waals surface area contributed by atoms with Crippen LogP contribution < -0.4 is 21.3 Å². The van der Waals surface area contributed by atoms with Crippen LogP contribution in [0.5, 0.6) is 5.75 Å². The average Bonchev–Trinajstić information content (AvgIpc) is 3.32. The lowest BCUT2D eigenvalue weighted by Gasteiger charge is -2.21. The molecule has 1 fully saturated rings. The van der Waals surface area contributed by atoms with Gasteiger partial charge in [-0.15, -0.1) is 13.2 Å². The van der Waals surface area contributed by atoms with Crippen molar-refractivity contribution >= 4 is 48.3 Å². The van der Waals surface area contributed by atoms with Gasteiger partial charge in [0.05, 0.1) is 32.6 Å². The molecule has 1 unspecified atom stereocenters. The minimum Gasteiger partial charge on any atom is -0.405 e. The third kappa shape index (κ3) is 6.35. The molecule has 2 aromatic carbocycles. The molecule has 15 heteroatoms. The molecule has 1 aromatic heterocycles. The number of aromatic amines is 1. The minimum atomic E-state index is -5.04. The largest absolute Gasteiger partial charge is 0.573 e. The second kappa shape index (κ2) is 11.2. The summed E-state index contributed by atoms with van der Waals surface area (Å²) in [5, 5.41) is 3.07. The smallest absolute Gasteiger partial charge is 0.405 e. The number of rotatable bonds is 8. The lowest BCUT2D eigenvalue weighted by molar-refractivity contribution is -0.275. The molecular formula is C24H25BrClF3N4O5S. The molecule has 0 bridgehead atoms. The molecule has 1 atom stereocenters. The van der Waals surface area contributed by atoms with E-state index in [1.54, 1.807) is 7.05 Å². The Bertz CT molecular complexity index is 1640. The highest BCUT2D eigenvalue weighted by molar-refractivity contribution is 9.10. The van der Waals surface area contributed by atoms with Crippen LogP contribution in [0.2, 0.25) is 5.02 Å². The van der Waals surface area contributed by atoms with Crippen LogP contribution in [-0.2, 0) is 22.9 Å². The lowest BCUT2D eigenvalue weighted by atomic mass is 10.1. The molecule has 3 aromatic rings. The molecule has 1 saturated heterocycles. The van der Waals surface area contributed by atoms with E-state index in [2.05, 4.69) is 31.0 Å². The molecule has 9 nitrogen and oxygen atoms in total. The van der Waals surface area contributed by atoms with Crippen LogP contribution in [0.25, 0.3) is 10.9 Å². The van der Waals surface area contributed by atoms with Gasteiger partial charge in [-0.3, -0.25) is 14.3 Å². The summed E-state index contributed by atoms with van der Waals surface area (Å²) in [5.74, 6) is -0.813. The Labute approximate surface area is 235 Å². The summed E-state index contributed by atoms with van der Waals surface area (Å²) < 4.78 is 70.4. The fourth-order valence-corrected chi connectivity index (χ4v) is 6.55. The van der Waals surface area contributed by atoms with Crippen molar-refractivity contribution in [2.45, 2.75) is 43.7 Å². The van der Waals surface area contributed by atoms with Crippen LogP contribution in [-0.4, -0.2) is 61.2 Å². The van der Waals surface area contributed by atoms with E-state index in [0.29, 0.717) is 17.7 Å². The summed E-state index contributed by atoms with van der Waals surface area (Å²) in [6.07, 6.45) is -4.23. The zero-order chi connectivity index (χ0) is 28.7. The highest BCUT2D eigenvalue weighted by atomic mass is 79.9. The number of halogens is 5. The number of hydrogen-bond donors (Lipinski definition) is 2. The summed E-state index contributed by atoms with van der Waals surface area (Å²) in [4.78, 5) is 30.9. The molecular weight excluding hydrogens is 629 g/mol. The van der Waals surface area contributed by atoms with Gasteiger partial charge in [0.1, 0.15) is 5.75 Å². The van der Waals surface area contributed by atoms with Gasteiger partial charge < -0.3 is 15.0 Å². The summed E-state index contributed by atoms with van der Waals surface area (Å²) in [6, 6.07) is 5.11. The van der Waals surface area contributed by atoms with Gasteiger partial charge in [0.2, 0.25) is 0 Å². The first-order valence-electron chi connectivity index (χ1n) is 11.9. The molecule has 1 aliphatic rings. The predicted molar refractivity (Wildman–Crippen MR) is 144 cm³/mol. The first-order valence-corrected chi connectivity index (χ1v) is 14.7. The van der Waals surface area contributed by atoms with E-state index in [0.717, 1.165) is 12.5 Å². The van der Waals surface area contributed by atoms with Crippen molar-refractivity contribution in [2.24, 2.45) is 0 Å². The normalized spacial score (nSPS) is 16.7. The Morgan fingerprint density at radius 2 is 1.95 bits per heavy atom. The standard InChI is InChI=1S/C24H25BrClF3N4O5S/c1-3-39(36,37)19-5-4-14(26)8-13(19)10-33-22(34)16-9-18(38-24(27,28)29)17(20(25)21(16)31-23(33)35)12-32-7-6-15(11-32)30-2/h4-5,8-9,15,30H,3,6-7,10-12H2,1-2H3,(H,31,35). The number of hydrogen-bond acceptors (Lipinski definition) is 7.